The average molecular weight is 361 g/mol. The molecule has 98 valence electrons. The van der Waals surface area contributed by atoms with Crippen molar-refractivity contribution >= 4 is 56.4 Å². The van der Waals surface area contributed by atoms with E-state index in [4.69, 9.17) is 16.7 Å². The second-order valence-corrected chi connectivity index (χ2v) is 5.79. The standard InChI is InChI=1S/C12H7BrClNO3S/c13-6-1-2-8(14)7(5-6)11(16)15-9-3-4-19-10(9)12(17)18/h1-5H,(H,15,16)(H,17,18). The van der Waals surface area contributed by atoms with E-state index in [1.54, 1.807) is 23.6 Å². The summed E-state index contributed by atoms with van der Waals surface area (Å²) in [7, 11) is 0. The van der Waals surface area contributed by atoms with Crippen molar-refractivity contribution < 1.29 is 14.7 Å². The monoisotopic (exact) mass is 359 g/mol. The van der Waals surface area contributed by atoms with Crippen molar-refractivity contribution in [1.29, 1.82) is 0 Å². The van der Waals surface area contributed by atoms with Gasteiger partial charge in [-0.1, -0.05) is 27.5 Å². The summed E-state index contributed by atoms with van der Waals surface area (Å²) in [6, 6.07) is 6.42. The minimum absolute atomic E-state index is 0.0828. The van der Waals surface area contributed by atoms with Crippen LogP contribution in [0.15, 0.2) is 34.1 Å². The Hall–Kier alpha value is -1.37. The van der Waals surface area contributed by atoms with Crippen LogP contribution in [0.2, 0.25) is 5.02 Å². The summed E-state index contributed by atoms with van der Waals surface area (Å²) in [6.45, 7) is 0. The van der Waals surface area contributed by atoms with Crippen LogP contribution in [-0.4, -0.2) is 17.0 Å². The molecule has 0 saturated heterocycles. The van der Waals surface area contributed by atoms with E-state index in [-0.39, 0.29) is 16.1 Å². The van der Waals surface area contributed by atoms with Gasteiger partial charge in [0.25, 0.3) is 5.91 Å². The molecule has 0 aliphatic rings. The van der Waals surface area contributed by atoms with Crippen molar-refractivity contribution in [3.63, 3.8) is 0 Å². The van der Waals surface area contributed by atoms with Crippen LogP contribution in [0.1, 0.15) is 20.0 Å². The quantitative estimate of drug-likeness (QED) is 0.865. The first-order valence-corrected chi connectivity index (χ1v) is 7.11. The number of benzene rings is 1. The van der Waals surface area contributed by atoms with Crippen LogP contribution in [0.3, 0.4) is 0 Å². The predicted molar refractivity (Wildman–Crippen MR) is 78.4 cm³/mol. The molecule has 7 heteroatoms. The van der Waals surface area contributed by atoms with Gasteiger partial charge in [0, 0.05) is 4.47 Å². The molecule has 0 unspecified atom stereocenters. The summed E-state index contributed by atoms with van der Waals surface area (Å²) in [5.41, 5.74) is 0.539. The summed E-state index contributed by atoms with van der Waals surface area (Å²) in [5.74, 6) is -1.53. The lowest BCUT2D eigenvalue weighted by molar-refractivity contribution is 0.0703. The topological polar surface area (TPSA) is 66.4 Å². The largest absolute Gasteiger partial charge is 0.477 e. The van der Waals surface area contributed by atoms with Crippen molar-refractivity contribution in [3.05, 3.63) is 49.6 Å². The molecule has 0 aliphatic heterocycles. The zero-order valence-corrected chi connectivity index (χ0v) is 12.5. The molecule has 0 atom stereocenters. The first-order chi connectivity index (χ1) is 8.99. The van der Waals surface area contributed by atoms with Crippen molar-refractivity contribution in [2.75, 3.05) is 5.32 Å². The van der Waals surface area contributed by atoms with E-state index in [0.29, 0.717) is 9.50 Å². The Labute approximate surface area is 126 Å². The molecule has 0 fully saturated rings. The van der Waals surface area contributed by atoms with E-state index < -0.39 is 11.9 Å². The number of thiophene rings is 1. The second-order valence-electron chi connectivity index (χ2n) is 3.55. The number of carbonyl (C=O) groups excluding carboxylic acids is 1. The summed E-state index contributed by atoms with van der Waals surface area (Å²) in [5, 5.41) is 13.4. The van der Waals surface area contributed by atoms with E-state index in [9.17, 15) is 9.59 Å². The Morgan fingerprint density at radius 2 is 2.05 bits per heavy atom. The summed E-state index contributed by atoms with van der Waals surface area (Å²) >= 11 is 10.2. The Morgan fingerprint density at radius 1 is 1.32 bits per heavy atom. The van der Waals surface area contributed by atoms with Gasteiger partial charge < -0.3 is 10.4 Å². The number of amides is 1. The lowest BCUT2D eigenvalue weighted by Gasteiger charge is -2.06. The maximum absolute atomic E-state index is 12.1. The Bertz CT molecular complexity index is 656. The highest BCUT2D eigenvalue weighted by Crippen LogP contribution is 2.25. The van der Waals surface area contributed by atoms with Gasteiger partial charge in [-0.3, -0.25) is 4.79 Å². The SMILES string of the molecule is O=C(Nc1ccsc1C(=O)O)c1cc(Br)ccc1Cl. The zero-order chi connectivity index (χ0) is 14.0. The number of aromatic carboxylic acids is 1. The van der Waals surface area contributed by atoms with Crippen molar-refractivity contribution in [2.24, 2.45) is 0 Å². The number of carbonyl (C=O) groups is 2. The number of rotatable bonds is 3. The maximum atomic E-state index is 12.1. The number of halogens is 2. The number of carboxylic acids is 1. The predicted octanol–water partition coefficient (Wildman–Crippen LogP) is 4.11. The fourth-order valence-corrected chi connectivity index (χ4v) is 2.69. The molecule has 2 N–H and O–H groups in total. The molecule has 19 heavy (non-hydrogen) atoms. The fraction of sp³-hybridized carbons (Fsp3) is 0. The van der Waals surface area contributed by atoms with Crippen LogP contribution < -0.4 is 5.32 Å². The third-order valence-electron chi connectivity index (χ3n) is 2.28. The minimum Gasteiger partial charge on any atom is -0.477 e. The number of hydrogen-bond acceptors (Lipinski definition) is 3. The molecular formula is C12H7BrClNO3S. The molecule has 0 saturated carbocycles. The molecule has 0 radical (unpaired) electrons. The number of nitrogens with one attached hydrogen (secondary N) is 1. The lowest BCUT2D eigenvalue weighted by atomic mass is 10.2. The van der Waals surface area contributed by atoms with Gasteiger partial charge >= 0.3 is 5.97 Å². The number of carboxylic acid groups (broad SMARTS) is 1. The molecule has 0 aliphatic carbocycles. The van der Waals surface area contributed by atoms with Crippen LogP contribution in [0.5, 0.6) is 0 Å². The Balaban J connectivity index is 2.28. The fourth-order valence-electron chi connectivity index (χ4n) is 1.43. The van der Waals surface area contributed by atoms with Crippen LogP contribution in [0.4, 0.5) is 5.69 Å². The minimum atomic E-state index is -1.08. The van der Waals surface area contributed by atoms with E-state index >= 15 is 0 Å². The Morgan fingerprint density at radius 3 is 2.74 bits per heavy atom. The molecule has 1 heterocycles. The van der Waals surface area contributed by atoms with Crippen LogP contribution in [0, 0.1) is 0 Å². The molecule has 4 nitrogen and oxygen atoms in total. The van der Waals surface area contributed by atoms with Gasteiger partial charge in [0.15, 0.2) is 0 Å². The van der Waals surface area contributed by atoms with Crippen molar-refractivity contribution in [1.82, 2.24) is 0 Å². The van der Waals surface area contributed by atoms with Gasteiger partial charge in [0.05, 0.1) is 16.3 Å². The summed E-state index contributed by atoms with van der Waals surface area (Å²) < 4.78 is 0.714. The Kier molecular flexibility index (Phi) is 4.24. The van der Waals surface area contributed by atoms with Crippen LogP contribution >= 0.6 is 38.9 Å². The molecule has 0 spiro atoms. The molecule has 1 amide bonds. The first-order valence-electron chi connectivity index (χ1n) is 5.06. The highest BCUT2D eigenvalue weighted by Gasteiger charge is 2.16. The zero-order valence-electron chi connectivity index (χ0n) is 9.31. The average Bonchev–Trinajstić information content (AvgIpc) is 2.80. The first kappa shape index (κ1) is 14.0. The van der Waals surface area contributed by atoms with Crippen LogP contribution in [0.25, 0.3) is 0 Å². The van der Waals surface area contributed by atoms with E-state index in [0.717, 1.165) is 11.3 Å². The molecule has 0 bridgehead atoms. The highest BCUT2D eigenvalue weighted by atomic mass is 79.9. The molecule has 2 rings (SSSR count). The maximum Gasteiger partial charge on any atom is 0.348 e. The third-order valence-corrected chi connectivity index (χ3v) is 4.01. The summed E-state index contributed by atoms with van der Waals surface area (Å²) in [4.78, 5) is 23.1. The third kappa shape index (κ3) is 3.15. The smallest absolute Gasteiger partial charge is 0.348 e. The van der Waals surface area contributed by atoms with Gasteiger partial charge in [0.2, 0.25) is 0 Å². The van der Waals surface area contributed by atoms with E-state index in [1.165, 1.54) is 6.07 Å². The molecule has 1 aromatic carbocycles. The highest BCUT2D eigenvalue weighted by molar-refractivity contribution is 9.10. The van der Waals surface area contributed by atoms with Crippen molar-refractivity contribution in [3.8, 4) is 0 Å². The van der Waals surface area contributed by atoms with E-state index in [1.807, 2.05) is 0 Å². The van der Waals surface area contributed by atoms with Gasteiger partial charge in [-0.25, -0.2) is 4.79 Å². The summed E-state index contributed by atoms with van der Waals surface area (Å²) in [6.07, 6.45) is 0. The molecule has 2 aromatic rings. The van der Waals surface area contributed by atoms with Gasteiger partial charge in [-0.15, -0.1) is 11.3 Å². The van der Waals surface area contributed by atoms with E-state index in [2.05, 4.69) is 21.2 Å². The number of anilines is 1. The lowest BCUT2D eigenvalue weighted by Crippen LogP contribution is -2.14. The van der Waals surface area contributed by atoms with Crippen molar-refractivity contribution in [2.45, 2.75) is 0 Å². The molecule has 1 aromatic heterocycles. The van der Waals surface area contributed by atoms with Gasteiger partial charge in [-0.05, 0) is 29.6 Å². The van der Waals surface area contributed by atoms with Crippen LogP contribution in [-0.2, 0) is 0 Å². The number of hydrogen-bond donors (Lipinski definition) is 2. The normalized spacial score (nSPS) is 10.2. The van der Waals surface area contributed by atoms with Gasteiger partial charge in [0.1, 0.15) is 4.88 Å². The molecular weight excluding hydrogens is 354 g/mol. The second kappa shape index (κ2) is 5.73. The van der Waals surface area contributed by atoms with Gasteiger partial charge in [-0.2, -0.15) is 0 Å².